The van der Waals surface area contributed by atoms with Gasteiger partial charge in [0.05, 0.1) is 30.9 Å². The van der Waals surface area contributed by atoms with Crippen LogP contribution in [0.5, 0.6) is 5.75 Å². The molecule has 6 nitrogen and oxygen atoms in total. The Morgan fingerprint density at radius 2 is 1.83 bits per heavy atom. The van der Waals surface area contributed by atoms with Crippen molar-refractivity contribution in [2.45, 2.75) is 32.9 Å². The smallest absolute Gasteiger partial charge is 0.263 e. The first-order valence-corrected chi connectivity index (χ1v) is 9.64. The van der Waals surface area contributed by atoms with E-state index in [1.807, 2.05) is 73.0 Å². The minimum atomic E-state index is -0.145. The molecule has 1 atom stereocenters. The van der Waals surface area contributed by atoms with E-state index in [1.165, 1.54) is 0 Å². The summed E-state index contributed by atoms with van der Waals surface area (Å²) in [7, 11) is 1.65. The van der Waals surface area contributed by atoms with Crippen LogP contribution in [0.25, 0.3) is 0 Å². The Kier molecular flexibility index (Phi) is 5.16. The summed E-state index contributed by atoms with van der Waals surface area (Å²) >= 11 is 0. The van der Waals surface area contributed by atoms with Crippen molar-refractivity contribution in [1.29, 1.82) is 0 Å². The van der Waals surface area contributed by atoms with Crippen molar-refractivity contribution in [3.05, 3.63) is 83.4 Å². The highest BCUT2D eigenvalue weighted by Crippen LogP contribution is 2.33. The van der Waals surface area contributed by atoms with Crippen LogP contribution in [0.3, 0.4) is 0 Å². The van der Waals surface area contributed by atoms with Gasteiger partial charge in [-0.15, -0.1) is 0 Å². The number of methoxy groups -OCH3 is 1. The molecule has 148 valence electrons. The molecule has 0 aliphatic carbocycles. The molecule has 6 heteroatoms. The van der Waals surface area contributed by atoms with Gasteiger partial charge < -0.3 is 9.30 Å². The van der Waals surface area contributed by atoms with Gasteiger partial charge in [-0.05, 0) is 37.1 Å². The summed E-state index contributed by atoms with van der Waals surface area (Å²) < 4.78 is 7.15. The van der Waals surface area contributed by atoms with Crippen LogP contribution < -0.4 is 4.74 Å². The second-order valence-electron chi connectivity index (χ2n) is 7.19. The first-order chi connectivity index (χ1) is 14.1. The number of nitrogens with zero attached hydrogens (tertiary/aromatic N) is 4. The standard InChI is InChI=1S/C23H24N4O2/c1-16-17(2)26(15-24-16)14-23(28)27-22(19-9-11-20(29-3)12-10-19)13-21(25-27)18-7-5-4-6-8-18/h4-12,15,22H,13-14H2,1-3H3. The number of hydrogen-bond acceptors (Lipinski definition) is 4. The summed E-state index contributed by atoms with van der Waals surface area (Å²) in [6.45, 7) is 4.13. The average Bonchev–Trinajstić information content (AvgIpc) is 3.34. The largest absolute Gasteiger partial charge is 0.497 e. The van der Waals surface area contributed by atoms with E-state index in [2.05, 4.69) is 4.98 Å². The fraction of sp³-hybridized carbons (Fsp3) is 0.261. The van der Waals surface area contributed by atoms with Crippen LogP contribution in [0.15, 0.2) is 66.0 Å². The van der Waals surface area contributed by atoms with E-state index in [4.69, 9.17) is 9.84 Å². The summed E-state index contributed by atoms with van der Waals surface area (Å²) in [4.78, 5) is 17.5. The molecule has 3 aromatic rings. The average molecular weight is 388 g/mol. The van der Waals surface area contributed by atoms with E-state index in [0.717, 1.165) is 34.0 Å². The summed E-state index contributed by atoms with van der Waals surface area (Å²) in [6.07, 6.45) is 2.38. The number of carbonyl (C=O) groups excluding carboxylic acids is 1. The normalized spacial score (nSPS) is 16.0. The summed E-state index contributed by atoms with van der Waals surface area (Å²) in [6, 6.07) is 17.7. The Labute approximate surface area is 170 Å². The van der Waals surface area contributed by atoms with Crippen molar-refractivity contribution in [3.63, 3.8) is 0 Å². The van der Waals surface area contributed by atoms with Gasteiger partial charge in [0, 0.05) is 12.1 Å². The van der Waals surface area contributed by atoms with Crippen LogP contribution in [-0.2, 0) is 11.3 Å². The van der Waals surface area contributed by atoms with E-state index in [1.54, 1.807) is 18.4 Å². The topological polar surface area (TPSA) is 59.7 Å². The van der Waals surface area contributed by atoms with E-state index >= 15 is 0 Å². The highest BCUT2D eigenvalue weighted by molar-refractivity contribution is 6.03. The Balaban J connectivity index is 1.65. The molecule has 1 unspecified atom stereocenters. The van der Waals surface area contributed by atoms with Crippen LogP contribution in [0.4, 0.5) is 0 Å². The quantitative estimate of drug-likeness (QED) is 0.666. The lowest BCUT2D eigenvalue weighted by Gasteiger charge is -2.22. The van der Waals surface area contributed by atoms with Crippen molar-refractivity contribution in [1.82, 2.24) is 14.6 Å². The molecule has 2 aromatic carbocycles. The monoisotopic (exact) mass is 388 g/mol. The minimum Gasteiger partial charge on any atom is -0.497 e. The van der Waals surface area contributed by atoms with Gasteiger partial charge in [0.15, 0.2) is 0 Å². The third-order valence-corrected chi connectivity index (χ3v) is 5.42. The summed E-state index contributed by atoms with van der Waals surface area (Å²) in [5.41, 5.74) is 4.91. The highest BCUT2D eigenvalue weighted by atomic mass is 16.5. The molecule has 1 aliphatic rings. The third-order valence-electron chi connectivity index (χ3n) is 5.42. The maximum Gasteiger partial charge on any atom is 0.263 e. The molecule has 1 aliphatic heterocycles. The zero-order valence-electron chi connectivity index (χ0n) is 16.9. The fourth-order valence-corrected chi connectivity index (χ4v) is 3.55. The molecule has 1 amide bonds. The lowest BCUT2D eigenvalue weighted by molar-refractivity contribution is -0.133. The minimum absolute atomic E-state index is 0.0581. The number of aryl methyl sites for hydroxylation is 1. The predicted octanol–water partition coefficient (Wildman–Crippen LogP) is 3.89. The molecular formula is C23H24N4O2. The van der Waals surface area contributed by atoms with Crippen molar-refractivity contribution < 1.29 is 9.53 Å². The van der Waals surface area contributed by atoms with Gasteiger partial charge in [0.2, 0.25) is 0 Å². The zero-order chi connectivity index (χ0) is 20.4. The van der Waals surface area contributed by atoms with Gasteiger partial charge in [0.25, 0.3) is 5.91 Å². The van der Waals surface area contributed by atoms with Gasteiger partial charge in [-0.25, -0.2) is 9.99 Å². The Morgan fingerprint density at radius 3 is 2.45 bits per heavy atom. The molecule has 4 rings (SSSR count). The molecule has 0 radical (unpaired) electrons. The van der Waals surface area contributed by atoms with Crippen molar-refractivity contribution in [2.24, 2.45) is 5.10 Å². The number of aromatic nitrogens is 2. The molecule has 0 fully saturated rings. The number of rotatable bonds is 5. The molecular weight excluding hydrogens is 364 g/mol. The first kappa shape index (κ1) is 18.9. The first-order valence-electron chi connectivity index (χ1n) is 9.64. The number of ether oxygens (including phenoxy) is 1. The summed E-state index contributed by atoms with van der Waals surface area (Å²) in [5.74, 6) is 0.732. The molecule has 0 saturated heterocycles. The molecule has 0 N–H and O–H groups in total. The molecule has 29 heavy (non-hydrogen) atoms. The van der Waals surface area contributed by atoms with E-state index in [0.29, 0.717) is 6.42 Å². The second kappa shape index (κ2) is 7.91. The Bertz CT molecular complexity index is 1040. The van der Waals surface area contributed by atoms with Gasteiger partial charge >= 0.3 is 0 Å². The lowest BCUT2D eigenvalue weighted by atomic mass is 9.98. The highest BCUT2D eigenvalue weighted by Gasteiger charge is 2.33. The molecule has 0 bridgehead atoms. The van der Waals surface area contributed by atoms with Gasteiger partial charge in [-0.1, -0.05) is 42.5 Å². The zero-order valence-corrected chi connectivity index (χ0v) is 16.9. The maximum atomic E-state index is 13.2. The number of carbonyl (C=O) groups is 1. The second-order valence-corrected chi connectivity index (χ2v) is 7.19. The fourth-order valence-electron chi connectivity index (χ4n) is 3.55. The van der Waals surface area contributed by atoms with Gasteiger partial charge in [-0.2, -0.15) is 5.10 Å². The summed E-state index contributed by atoms with van der Waals surface area (Å²) in [5, 5.41) is 6.35. The molecule has 2 heterocycles. The Morgan fingerprint density at radius 1 is 1.10 bits per heavy atom. The SMILES string of the molecule is COc1ccc(C2CC(c3ccccc3)=NN2C(=O)Cn2cnc(C)c2C)cc1. The van der Waals surface area contributed by atoms with Gasteiger partial charge in [-0.3, -0.25) is 4.79 Å². The predicted molar refractivity (Wildman–Crippen MR) is 112 cm³/mol. The van der Waals surface area contributed by atoms with Crippen molar-refractivity contribution >= 4 is 11.6 Å². The number of amides is 1. The van der Waals surface area contributed by atoms with Crippen LogP contribution >= 0.6 is 0 Å². The van der Waals surface area contributed by atoms with E-state index in [-0.39, 0.29) is 18.5 Å². The van der Waals surface area contributed by atoms with Gasteiger partial charge in [0.1, 0.15) is 12.3 Å². The maximum absolute atomic E-state index is 13.2. The van der Waals surface area contributed by atoms with Crippen molar-refractivity contribution in [3.8, 4) is 5.75 Å². The van der Waals surface area contributed by atoms with Crippen molar-refractivity contribution in [2.75, 3.05) is 7.11 Å². The molecule has 0 saturated carbocycles. The number of benzene rings is 2. The lowest BCUT2D eigenvalue weighted by Crippen LogP contribution is -2.30. The molecule has 1 aromatic heterocycles. The van der Waals surface area contributed by atoms with Crippen LogP contribution in [0.1, 0.15) is 35.0 Å². The van der Waals surface area contributed by atoms with Crippen LogP contribution in [0, 0.1) is 13.8 Å². The number of imidazole rings is 1. The van der Waals surface area contributed by atoms with E-state index in [9.17, 15) is 4.79 Å². The van der Waals surface area contributed by atoms with Crippen LogP contribution in [-0.4, -0.2) is 33.3 Å². The third kappa shape index (κ3) is 3.78. The van der Waals surface area contributed by atoms with Crippen LogP contribution in [0.2, 0.25) is 0 Å². The Hall–Kier alpha value is -3.41. The van der Waals surface area contributed by atoms with E-state index < -0.39 is 0 Å². The number of hydrogen-bond donors (Lipinski definition) is 0. The number of hydrazone groups is 1. The molecule has 0 spiro atoms.